The molecule has 6 nitrogen and oxygen atoms in total. The number of pyridine rings is 1. The third-order valence-corrected chi connectivity index (χ3v) is 5.16. The lowest BCUT2D eigenvalue weighted by molar-refractivity contribution is -0.151. The number of para-hydroxylation sites is 1. The molecular formula is C23H17NO5. The van der Waals surface area contributed by atoms with Crippen molar-refractivity contribution in [2.24, 2.45) is 0 Å². The second kappa shape index (κ2) is 6.74. The van der Waals surface area contributed by atoms with Gasteiger partial charge in [0.1, 0.15) is 11.3 Å². The fourth-order valence-electron chi connectivity index (χ4n) is 3.91. The minimum absolute atomic E-state index is 0.221. The van der Waals surface area contributed by atoms with Crippen LogP contribution in [-0.4, -0.2) is 23.7 Å². The van der Waals surface area contributed by atoms with Gasteiger partial charge in [-0.1, -0.05) is 24.3 Å². The van der Waals surface area contributed by atoms with E-state index in [1.807, 2.05) is 42.5 Å². The van der Waals surface area contributed by atoms with Crippen LogP contribution in [-0.2, 0) is 9.53 Å². The molecule has 0 aliphatic carbocycles. The van der Waals surface area contributed by atoms with Crippen LogP contribution in [0.3, 0.4) is 0 Å². The summed E-state index contributed by atoms with van der Waals surface area (Å²) in [5.74, 6) is -0.760. The first-order chi connectivity index (χ1) is 14.2. The Morgan fingerprint density at radius 2 is 2.00 bits per heavy atom. The molecular weight excluding hydrogens is 370 g/mol. The number of hydrogen-bond donors (Lipinski definition) is 0. The quantitative estimate of drug-likeness (QED) is 0.393. The maximum Gasteiger partial charge on any atom is 0.348 e. The van der Waals surface area contributed by atoms with E-state index in [4.69, 9.17) is 13.9 Å². The van der Waals surface area contributed by atoms with Crippen molar-refractivity contribution in [1.29, 1.82) is 0 Å². The predicted octanol–water partition coefficient (Wildman–Crippen LogP) is 3.80. The molecule has 0 spiro atoms. The zero-order valence-electron chi connectivity index (χ0n) is 15.6. The van der Waals surface area contributed by atoms with Crippen LogP contribution in [0.1, 0.15) is 24.0 Å². The summed E-state index contributed by atoms with van der Waals surface area (Å²) in [6.07, 6.45) is 0.755. The smallest absolute Gasteiger partial charge is 0.348 e. The van der Waals surface area contributed by atoms with E-state index in [1.165, 1.54) is 0 Å². The number of carbonyl (C=O) groups excluding carboxylic acids is 1. The molecule has 0 saturated carbocycles. The Kier molecular flexibility index (Phi) is 4.05. The number of aromatic nitrogens is 1. The highest BCUT2D eigenvalue weighted by Crippen LogP contribution is 2.44. The van der Waals surface area contributed by atoms with Crippen molar-refractivity contribution in [2.45, 2.75) is 18.9 Å². The summed E-state index contributed by atoms with van der Waals surface area (Å²) in [4.78, 5) is 29.9. The molecule has 0 amide bonds. The molecule has 0 bridgehead atoms. The Morgan fingerprint density at radius 1 is 1.14 bits per heavy atom. The molecule has 0 fully saturated rings. The van der Waals surface area contributed by atoms with Crippen molar-refractivity contribution in [3.8, 4) is 5.75 Å². The molecule has 2 atom stereocenters. The maximum absolute atomic E-state index is 12.9. The predicted molar refractivity (Wildman–Crippen MR) is 107 cm³/mol. The molecule has 2 aromatic carbocycles. The Morgan fingerprint density at radius 3 is 2.86 bits per heavy atom. The normalized spacial score (nSPS) is 17.8. The molecule has 5 rings (SSSR count). The summed E-state index contributed by atoms with van der Waals surface area (Å²) in [5.41, 5.74) is 1.84. The highest BCUT2D eigenvalue weighted by Gasteiger charge is 2.45. The van der Waals surface area contributed by atoms with E-state index in [0.29, 0.717) is 22.3 Å². The van der Waals surface area contributed by atoms with Gasteiger partial charge in [-0.2, -0.15) is 0 Å². The van der Waals surface area contributed by atoms with Gasteiger partial charge in [-0.3, -0.25) is 4.98 Å². The number of fused-ring (bicyclic) bond motifs is 4. The molecule has 1 aliphatic heterocycles. The zero-order valence-corrected chi connectivity index (χ0v) is 15.6. The van der Waals surface area contributed by atoms with Gasteiger partial charge in [0.25, 0.3) is 0 Å². The minimum Gasteiger partial charge on any atom is -0.476 e. The molecule has 0 N–H and O–H groups in total. The van der Waals surface area contributed by atoms with Crippen molar-refractivity contribution >= 4 is 27.8 Å². The fourth-order valence-corrected chi connectivity index (χ4v) is 3.91. The minimum atomic E-state index is -0.965. The summed E-state index contributed by atoms with van der Waals surface area (Å²) >= 11 is 0. The Hall–Kier alpha value is -3.67. The number of nitrogens with zero attached hydrogens (tertiary/aromatic N) is 1. The van der Waals surface area contributed by atoms with Crippen LogP contribution in [0.25, 0.3) is 21.9 Å². The first-order valence-electron chi connectivity index (χ1n) is 9.41. The van der Waals surface area contributed by atoms with E-state index in [2.05, 4.69) is 4.98 Å². The number of carbonyl (C=O) groups is 1. The van der Waals surface area contributed by atoms with Gasteiger partial charge >= 0.3 is 11.6 Å². The highest BCUT2D eigenvalue weighted by atomic mass is 16.6. The molecule has 4 aromatic rings. The van der Waals surface area contributed by atoms with Crippen LogP contribution in [0, 0.1) is 0 Å². The van der Waals surface area contributed by atoms with Gasteiger partial charge in [-0.15, -0.1) is 0 Å². The van der Waals surface area contributed by atoms with Gasteiger partial charge in [0.2, 0.25) is 6.10 Å². The molecule has 0 radical (unpaired) electrons. The molecule has 2 aromatic heterocycles. The van der Waals surface area contributed by atoms with Crippen molar-refractivity contribution in [2.75, 3.05) is 6.61 Å². The van der Waals surface area contributed by atoms with E-state index < -0.39 is 23.6 Å². The van der Waals surface area contributed by atoms with Crippen LogP contribution in [0.5, 0.6) is 5.75 Å². The van der Waals surface area contributed by atoms with Gasteiger partial charge in [0, 0.05) is 11.6 Å². The fraction of sp³-hybridized carbons (Fsp3) is 0.174. The Labute approximate surface area is 165 Å². The molecule has 29 heavy (non-hydrogen) atoms. The van der Waals surface area contributed by atoms with E-state index in [9.17, 15) is 9.59 Å². The van der Waals surface area contributed by atoms with Crippen LogP contribution < -0.4 is 10.4 Å². The lowest BCUT2D eigenvalue weighted by atomic mass is 9.88. The van der Waals surface area contributed by atoms with Gasteiger partial charge < -0.3 is 13.9 Å². The topological polar surface area (TPSA) is 78.6 Å². The third-order valence-electron chi connectivity index (χ3n) is 5.16. The van der Waals surface area contributed by atoms with Crippen LogP contribution >= 0.6 is 0 Å². The summed E-state index contributed by atoms with van der Waals surface area (Å²) in [5, 5.41) is 1.56. The number of benzene rings is 2. The number of hydrogen-bond acceptors (Lipinski definition) is 6. The monoisotopic (exact) mass is 387 g/mol. The van der Waals surface area contributed by atoms with Crippen LogP contribution in [0.4, 0.5) is 0 Å². The molecule has 1 aliphatic rings. The molecule has 144 valence electrons. The number of rotatable bonds is 3. The van der Waals surface area contributed by atoms with Crippen molar-refractivity contribution in [3.63, 3.8) is 0 Å². The lowest BCUT2D eigenvalue weighted by Crippen LogP contribution is -2.32. The first kappa shape index (κ1) is 17.4. The summed E-state index contributed by atoms with van der Waals surface area (Å²) in [6, 6.07) is 16.6. The largest absolute Gasteiger partial charge is 0.476 e. The van der Waals surface area contributed by atoms with Crippen molar-refractivity contribution in [1.82, 2.24) is 4.98 Å². The second-order valence-electron chi connectivity index (χ2n) is 6.85. The van der Waals surface area contributed by atoms with E-state index in [1.54, 1.807) is 25.3 Å². The third kappa shape index (κ3) is 2.76. The van der Waals surface area contributed by atoms with Crippen LogP contribution in [0.2, 0.25) is 0 Å². The highest BCUT2D eigenvalue weighted by molar-refractivity contribution is 5.89. The molecule has 0 saturated heterocycles. The Balaban J connectivity index is 1.75. The number of esters is 1. The summed E-state index contributed by atoms with van der Waals surface area (Å²) < 4.78 is 16.8. The summed E-state index contributed by atoms with van der Waals surface area (Å²) in [7, 11) is 0. The van der Waals surface area contributed by atoms with Gasteiger partial charge in [-0.25, -0.2) is 9.59 Å². The van der Waals surface area contributed by atoms with Gasteiger partial charge in [0.05, 0.1) is 29.0 Å². The van der Waals surface area contributed by atoms with Crippen molar-refractivity contribution < 1.29 is 18.7 Å². The van der Waals surface area contributed by atoms with Crippen molar-refractivity contribution in [3.05, 3.63) is 82.3 Å². The zero-order chi connectivity index (χ0) is 20.0. The SMILES string of the molecule is CCOC(=O)[C@@H]1Oc2c(c(=O)oc3ccccc23)[C@H]1c1ccc2ncccc2c1. The molecule has 0 unspecified atom stereocenters. The van der Waals surface area contributed by atoms with E-state index in [0.717, 1.165) is 16.5 Å². The molecule has 3 heterocycles. The lowest BCUT2D eigenvalue weighted by Gasteiger charge is -2.18. The molecule has 6 heteroatoms. The Bertz CT molecular complexity index is 1310. The van der Waals surface area contributed by atoms with Gasteiger partial charge in [-0.05, 0) is 42.8 Å². The first-order valence-corrected chi connectivity index (χ1v) is 9.41. The number of ether oxygens (including phenoxy) is 2. The maximum atomic E-state index is 12.9. The average molecular weight is 387 g/mol. The summed E-state index contributed by atoms with van der Waals surface area (Å²) in [6.45, 7) is 1.96. The van der Waals surface area contributed by atoms with Gasteiger partial charge in [0.15, 0.2) is 0 Å². The average Bonchev–Trinajstić information content (AvgIpc) is 3.15. The van der Waals surface area contributed by atoms with E-state index in [-0.39, 0.29) is 6.61 Å². The van der Waals surface area contributed by atoms with Crippen LogP contribution in [0.15, 0.2) is 70.0 Å². The van der Waals surface area contributed by atoms with E-state index >= 15 is 0 Å². The standard InChI is InChI=1S/C23H17NO5/c1-2-27-23(26)21-18(14-9-10-16-13(12-14)6-5-11-24-16)19-20(29-21)15-7-3-4-8-17(15)28-22(19)25/h3-12,18,21H,2H2,1H3/t18-,21-/m1/s1. The second-order valence-corrected chi connectivity index (χ2v) is 6.85.